The smallest absolute Gasteiger partial charge is 0.317 e. The van der Waals surface area contributed by atoms with Crippen molar-refractivity contribution in [2.24, 2.45) is 5.92 Å². The molecule has 2 rings (SSSR count). The van der Waals surface area contributed by atoms with E-state index in [4.69, 9.17) is 0 Å². The number of rotatable bonds is 4. The standard InChI is InChI=1S/C13H23F2N3O3S/c1-16-22(20,21)11-6-7-18(8-11)13(19)17-10-4-2-9(3-5-10)12(14)15/h9-12,16H,2-8H2,1H3,(H,17,19). The summed E-state index contributed by atoms with van der Waals surface area (Å²) >= 11 is 0. The maximum atomic E-state index is 12.6. The van der Waals surface area contributed by atoms with Gasteiger partial charge in [0.25, 0.3) is 0 Å². The summed E-state index contributed by atoms with van der Waals surface area (Å²) in [5.74, 6) is -0.565. The van der Waals surface area contributed by atoms with Gasteiger partial charge in [0.1, 0.15) is 0 Å². The minimum atomic E-state index is -3.37. The molecule has 1 saturated carbocycles. The Bertz CT molecular complexity index is 493. The van der Waals surface area contributed by atoms with E-state index in [1.54, 1.807) is 0 Å². The second-order valence-electron chi connectivity index (χ2n) is 6.00. The molecule has 22 heavy (non-hydrogen) atoms. The molecule has 9 heteroatoms. The van der Waals surface area contributed by atoms with Crippen LogP contribution in [-0.4, -0.2) is 57.2 Å². The van der Waals surface area contributed by atoms with E-state index >= 15 is 0 Å². The molecule has 2 fully saturated rings. The molecule has 1 saturated heterocycles. The van der Waals surface area contributed by atoms with Crippen molar-refractivity contribution >= 4 is 16.1 Å². The van der Waals surface area contributed by atoms with Crippen LogP contribution < -0.4 is 10.0 Å². The molecule has 128 valence electrons. The van der Waals surface area contributed by atoms with Crippen molar-refractivity contribution < 1.29 is 22.0 Å². The van der Waals surface area contributed by atoms with Crippen molar-refractivity contribution in [1.82, 2.24) is 14.9 Å². The van der Waals surface area contributed by atoms with Gasteiger partial charge in [0.05, 0.1) is 5.25 Å². The van der Waals surface area contributed by atoms with Crippen molar-refractivity contribution in [2.45, 2.75) is 49.8 Å². The third-order valence-electron chi connectivity index (χ3n) is 4.61. The van der Waals surface area contributed by atoms with Crippen LogP contribution in [0.3, 0.4) is 0 Å². The van der Waals surface area contributed by atoms with Crippen LogP contribution >= 0.6 is 0 Å². The second-order valence-corrected chi connectivity index (χ2v) is 8.17. The first-order valence-corrected chi connectivity index (χ1v) is 9.14. The zero-order valence-corrected chi connectivity index (χ0v) is 13.4. The molecule has 1 atom stereocenters. The summed E-state index contributed by atoms with van der Waals surface area (Å²) in [6, 6.07) is -0.392. The number of carbonyl (C=O) groups excluding carboxylic acids is 1. The Kier molecular flexibility index (Phi) is 5.60. The van der Waals surface area contributed by atoms with Crippen molar-refractivity contribution in [3.05, 3.63) is 0 Å². The molecule has 1 aliphatic heterocycles. The lowest BCUT2D eigenvalue weighted by Gasteiger charge is -2.30. The normalized spacial score (nSPS) is 29.8. The van der Waals surface area contributed by atoms with Gasteiger partial charge in [0.15, 0.2) is 0 Å². The molecule has 2 N–H and O–H groups in total. The Morgan fingerprint density at radius 3 is 2.36 bits per heavy atom. The highest BCUT2D eigenvalue weighted by Gasteiger charge is 2.35. The van der Waals surface area contributed by atoms with Crippen LogP contribution in [0.1, 0.15) is 32.1 Å². The molecule has 2 aliphatic rings. The molecule has 2 amide bonds. The zero-order valence-electron chi connectivity index (χ0n) is 12.6. The highest BCUT2D eigenvalue weighted by atomic mass is 32.2. The first kappa shape index (κ1) is 17.4. The van der Waals surface area contributed by atoms with E-state index in [1.807, 2.05) is 0 Å². The van der Waals surface area contributed by atoms with Crippen LogP contribution in [0.4, 0.5) is 13.6 Å². The number of carbonyl (C=O) groups is 1. The molecule has 0 spiro atoms. The number of nitrogens with zero attached hydrogens (tertiary/aromatic N) is 1. The fraction of sp³-hybridized carbons (Fsp3) is 0.923. The average molecular weight is 339 g/mol. The molecular weight excluding hydrogens is 316 g/mol. The minimum Gasteiger partial charge on any atom is -0.335 e. The minimum absolute atomic E-state index is 0.0949. The van der Waals surface area contributed by atoms with Gasteiger partial charge in [-0.3, -0.25) is 0 Å². The van der Waals surface area contributed by atoms with E-state index in [2.05, 4.69) is 10.0 Å². The summed E-state index contributed by atoms with van der Waals surface area (Å²) in [5.41, 5.74) is 0. The predicted molar refractivity (Wildman–Crippen MR) is 78.2 cm³/mol. The molecule has 6 nitrogen and oxygen atoms in total. The number of sulfonamides is 1. The van der Waals surface area contributed by atoms with E-state index in [9.17, 15) is 22.0 Å². The summed E-state index contributed by atoms with van der Waals surface area (Å²) in [6.45, 7) is 0.561. The van der Waals surface area contributed by atoms with Gasteiger partial charge in [-0.25, -0.2) is 26.7 Å². The summed E-state index contributed by atoms with van der Waals surface area (Å²) in [7, 11) is -2.01. The molecule has 0 bridgehead atoms. The predicted octanol–water partition coefficient (Wildman–Crippen LogP) is 1.14. The SMILES string of the molecule is CNS(=O)(=O)C1CCN(C(=O)NC2CCC(C(F)F)CC2)C1. The van der Waals surface area contributed by atoms with Crippen LogP contribution in [0.15, 0.2) is 0 Å². The topological polar surface area (TPSA) is 78.5 Å². The highest BCUT2D eigenvalue weighted by Crippen LogP contribution is 2.29. The van der Waals surface area contributed by atoms with Gasteiger partial charge in [0, 0.05) is 25.0 Å². The Labute approximate surface area is 129 Å². The van der Waals surface area contributed by atoms with E-state index in [-0.39, 0.29) is 18.6 Å². The lowest BCUT2D eigenvalue weighted by Crippen LogP contribution is -2.46. The maximum Gasteiger partial charge on any atom is 0.317 e. The second kappa shape index (κ2) is 7.08. The van der Waals surface area contributed by atoms with Crippen molar-refractivity contribution in [3.63, 3.8) is 0 Å². The number of likely N-dealkylation sites (tertiary alicyclic amines) is 1. The van der Waals surface area contributed by atoms with Crippen LogP contribution in [0.5, 0.6) is 0 Å². The fourth-order valence-electron chi connectivity index (χ4n) is 3.11. The number of hydrogen-bond donors (Lipinski definition) is 2. The Morgan fingerprint density at radius 2 is 1.82 bits per heavy atom. The molecule has 1 unspecified atom stereocenters. The third-order valence-corrected chi connectivity index (χ3v) is 6.44. The lowest BCUT2D eigenvalue weighted by molar-refractivity contribution is 0.0511. The van der Waals surface area contributed by atoms with Crippen LogP contribution in [-0.2, 0) is 10.0 Å². The first-order chi connectivity index (χ1) is 10.3. The third kappa shape index (κ3) is 4.07. The molecule has 1 heterocycles. The number of alkyl halides is 2. The van der Waals surface area contributed by atoms with Gasteiger partial charge in [-0.05, 0) is 39.2 Å². The fourth-order valence-corrected chi connectivity index (χ4v) is 4.24. The zero-order chi connectivity index (χ0) is 16.3. The van der Waals surface area contributed by atoms with E-state index in [0.717, 1.165) is 0 Å². The summed E-state index contributed by atoms with van der Waals surface area (Å²) < 4.78 is 50.9. The number of nitrogens with one attached hydrogen (secondary N) is 2. The molecular formula is C13H23F2N3O3S. The van der Waals surface area contributed by atoms with Gasteiger partial charge >= 0.3 is 6.03 Å². The monoisotopic (exact) mass is 339 g/mol. The number of amides is 2. The van der Waals surface area contributed by atoms with Gasteiger partial charge in [-0.2, -0.15) is 0 Å². The van der Waals surface area contributed by atoms with Crippen LogP contribution in [0.2, 0.25) is 0 Å². The summed E-state index contributed by atoms with van der Waals surface area (Å²) in [5, 5.41) is 2.25. The molecule has 1 aliphatic carbocycles. The Balaban J connectivity index is 1.80. The van der Waals surface area contributed by atoms with Gasteiger partial charge in [-0.15, -0.1) is 0 Å². The van der Waals surface area contributed by atoms with Crippen molar-refractivity contribution in [2.75, 3.05) is 20.1 Å². The van der Waals surface area contributed by atoms with E-state index < -0.39 is 27.6 Å². The van der Waals surface area contributed by atoms with Gasteiger partial charge in [0.2, 0.25) is 16.4 Å². The highest BCUT2D eigenvalue weighted by molar-refractivity contribution is 7.90. The lowest BCUT2D eigenvalue weighted by atomic mass is 9.86. The molecule has 0 radical (unpaired) electrons. The van der Waals surface area contributed by atoms with E-state index in [0.29, 0.717) is 38.6 Å². The number of urea groups is 1. The molecule has 0 aromatic heterocycles. The Hall–Kier alpha value is -0.960. The summed E-state index contributed by atoms with van der Waals surface area (Å²) in [6.07, 6.45) is 0.0513. The quantitative estimate of drug-likeness (QED) is 0.806. The maximum absolute atomic E-state index is 12.6. The van der Waals surface area contributed by atoms with Crippen molar-refractivity contribution in [1.29, 1.82) is 0 Å². The molecule has 0 aromatic rings. The number of hydrogen-bond acceptors (Lipinski definition) is 3. The molecule has 0 aromatic carbocycles. The average Bonchev–Trinajstić information content (AvgIpc) is 2.98. The van der Waals surface area contributed by atoms with Gasteiger partial charge in [-0.1, -0.05) is 0 Å². The van der Waals surface area contributed by atoms with Crippen molar-refractivity contribution in [3.8, 4) is 0 Å². The van der Waals surface area contributed by atoms with Crippen LogP contribution in [0.25, 0.3) is 0 Å². The van der Waals surface area contributed by atoms with E-state index in [1.165, 1.54) is 11.9 Å². The number of halogens is 2. The summed E-state index contributed by atoms with van der Waals surface area (Å²) in [4.78, 5) is 13.6. The van der Waals surface area contributed by atoms with Gasteiger partial charge < -0.3 is 10.2 Å². The largest absolute Gasteiger partial charge is 0.335 e. The first-order valence-electron chi connectivity index (χ1n) is 7.59. The Morgan fingerprint density at radius 1 is 1.18 bits per heavy atom. The van der Waals surface area contributed by atoms with Crippen LogP contribution in [0, 0.1) is 5.92 Å².